The van der Waals surface area contributed by atoms with Gasteiger partial charge in [-0.3, -0.25) is 0 Å². The minimum absolute atomic E-state index is 0.0649. The van der Waals surface area contributed by atoms with Crippen LogP contribution in [0.4, 0.5) is 0 Å². The second-order valence-corrected chi connectivity index (χ2v) is 10.7. The standard InChI is InChI=1S/C34H28N2/c1-34(2,3)23-18-20-30-28(22-23)32-31(35(30)24-12-6-4-7-13-24)21-19-27-26-16-10-11-17-29(26)36(33(27)32)25-14-8-5-9-15-25/h4-22H,1-3H3. The normalized spacial score (nSPS) is 12.3. The zero-order valence-electron chi connectivity index (χ0n) is 20.9. The van der Waals surface area contributed by atoms with Crippen molar-refractivity contribution < 1.29 is 0 Å². The molecular weight excluding hydrogens is 436 g/mol. The van der Waals surface area contributed by atoms with Crippen LogP contribution in [0.1, 0.15) is 26.3 Å². The monoisotopic (exact) mass is 464 g/mol. The molecule has 0 bridgehead atoms. The summed E-state index contributed by atoms with van der Waals surface area (Å²) in [7, 11) is 0. The number of hydrogen-bond donors (Lipinski definition) is 0. The number of para-hydroxylation sites is 3. The number of fused-ring (bicyclic) bond motifs is 7. The van der Waals surface area contributed by atoms with Crippen LogP contribution in [-0.4, -0.2) is 9.13 Å². The molecule has 0 saturated heterocycles. The molecule has 2 nitrogen and oxygen atoms in total. The van der Waals surface area contributed by atoms with Gasteiger partial charge < -0.3 is 9.13 Å². The number of benzene rings is 5. The molecule has 0 atom stereocenters. The molecular formula is C34H28N2. The lowest BCUT2D eigenvalue weighted by atomic mass is 9.86. The summed E-state index contributed by atoms with van der Waals surface area (Å²) in [5, 5.41) is 5.17. The highest BCUT2D eigenvalue weighted by Gasteiger charge is 2.22. The Hall–Kier alpha value is -4.30. The summed E-state index contributed by atoms with van der Waals surface area (Å²) < 4.78 is 4.87. The fourth-order valence-electron chi connectivity index (χ4n) is 5.73. The van der Waals surface area contributed by atoms with Crippen LogP contribution < -0.4 is 0 Å². The van der Waals surface area contributed by atoms with Gasteiger partial charge in [0.1, 0.15) is 0 Å². The summed E-state index contributed by atoms with van der Waals surface area (Å²) in [6.45, 7) is 6.88. The van der Waals surface area contributed by atoms with Gasteiger partial charge in [-0.25, -0.2) is 0 Å². The second kappa shape index (κ2) is 7.60. The van der Waals surface area contributed by atoms with Crippen LogP contribution in [0.2, 0.25) is 0 Å². The quantitative estimate of drug-likeness (QED) is 0.241. The van der Waals surface area contributed by atoms with E-state index in [4.69, 9.17) is 0 Å². The second-order valence-electron chi connectivity index (χ2n) is 10.7. The Kier molecular flexibility index (Phi) is 4.44. The summed E-state index contributed by atoms with van der Waals surface area (Å²) in [4.78, 5) is 0. The average molecular weight is 465 g/mol. The van der Waals surface area contributed by atoms with Gasteiger partial charge in [-0.15, -0.1) is 0 Å². The van der Waals surface area contributed by atoms with E-state index in [0.717, 1.165) is 0 Å². The number of hydrogen-bond acceptors (Lipinski definition) is 0. The van der Waals surface area contributed by atoms with E-state index in [2.05, 4.69) is 145 Å². The summed E-state index contributed by atoms with van der Waals surface area (Å²) in [6, 6.07) is 41.9. The van der Waals surface area contributed by atoms with E-state index in [1.54, 1.807) is 0 Å². The maximum atomic E-state index is 2.45. The first kappa shape index (κ1) is 21.0. The first-order valence-corrected chi connectivity index (χ1v) is 12.6. The minimum atomic E-state index is 0.0649. The third kappa shape index (κ3) is 2.97. The van der Waals surface area contributed by atoms with Gasteiger partial charge in [-0.1, -0.05) is 87.5 Å². The molecule has 5 aromatic carbocycles. The van der Waals surface area contributed by atoms with Crippen molar-refractivity contribution in [2.45, 2.75) is 26.2 Å². The largest absolute Gasteiger partial charge is 0.309 e. The predicted octanol–water partition coefficient (Wildman–Crippen LogP) is 9.18. The molecule has 0 radical (unpaired) electrons. The van der Waals surface area contributed by atoms with Crippen molar-refractivity contribution in [1.82, 2.24) is 9.13 Å². The van der Waals surface area contributed by atoms with Gasteiger partial charge >= 0.3 is 0 Å². The van der Waals surface area contributed by atoms with Crippen molar-refractivity contribution in [3.63, 3.8) is 0 Å². The Morgan fingerprint density at radius 2 is 1.06 bits per heavy atom. The Balaban J connectivity index is 1.76. The topological polar surface area (TPSA) is 9.86 Å². The van der Waals surface area contributed by atoms with Crippen LogP contribution in [0.15, 0.2) is 115 Å². The lowest BCUT2D eigenvalue weighted by Crippen LogP contribution is -2.10. The van der Waals surface area contributed by atoms with Crippen molar-refractivity contribution in [3.8, 4) is 11.4 Å². The number of rotatable bonds is 2. The molecule has 2 heterocycles. The molecule has 0 N–H and O–H groups in total. The predicted molar refractivity (Wildman–Crippen MR) is 154 cm³/mol. The summed E-state index contributed by atoms with van der Waals surface area (Å²) in [6.07, 6.45) is 0. The lowest BCUT2D eigenvalue weighted by Gasteiger charge is -2.19. The highest BCUT2D eigenvalue weighted by Crippen LogP contribution is 2.42. The van der Waals surface area contributed by atoms with Crippen LogP contribution in [-0.2, 0) is 5.41 Å². The third-order valence-corrected chi connectivity index (χ3v) is 7.46. The summed E-state index contributed by atoms with van der Waals surface area (Å²) in [5.41, 5.74) is 8.75. The Morgan fingerprint density at radius 3 is 1.75 bits per heavy atom. The number of aromatic nitrogens is 2. The van der Waals surface area contributed by atoms with E-state index in [0.29, 0.717) is 0 Å². The van der Waals surface area contributed by atoms with Crippen molar-refractivity contribution >= 4 is 43.6 Å². The number of nitrogens with zero attached hydrogens (tertiary/aromatic N) is 2. The zero-order chi connectivity index (χ0) is 24.4. The molecule has 0 spiro atoms. The maximum absolute atomic E-state index is 2.45. The van der Waals surface area contributed by atoms with Crippen LogP contribution in [0, 0.1) is 0 Å². The Labute approximate surface area is 211 Å². The van der Waals surface area contributed by atoms with Gasteiger partial charge in [0.25, 0.3) is 0 Å². The highest BCUT2D eigenvalue weighted by molar-refractivity contribution is 6.26. The van der Waals surface area contributed by atoms with Crippen LogP contribution in [0.3, 0.4) is 0 Å². The fourth-order valence-corrected chi connectivity index (χ4v) is 5.73. The molecule has 0 unspecified atom stereocenters. The van der Waals surface area contributed by atoms with E-state index in [1.165, 1.54) is 60.5 Å². The van der Waals surface area contributed by atoms with Gasteiger partial charge in [0.05, 0.1) is 22.1 Å². The van der Waals surface area contributed by atoms with Crippen molar-refractivity contribution in [2.24, 2.45) is 0 Å². The van der Waals surface area contributed by atoms with Crippen LogP contribution >= 0.6 is 0 Å². The molecule has 2 heteroatoms. The van der Waals surface area contributed by atoms with Gasteiger partial charge in [-0.2, -0.15) is 0 Å². The molecule has 0 aliphatic heterocycles. The molecule has 0 fully saturated rings. The van der Waals surface area contributed by atoms with E-state index in [1.807, 2.05) is 0 Å². The molecule has 7 aromatic rings. The highest BCUT2D eigenvalue weighted by atomic mass is 15.0. The zero-order valence-corrected chi connectivity index (χ0v) is 20.9. The molecule has 2 aromatic heterocycles. The average Bonchev–Trinajstić information content (AvgIpc) is 3.41. The molecule has 174 valence electrons. The van der Waals surface area contributed by atoms with Gasteiger partial charge in [-0.05, 0) is 59.5 Å². The smallest absolute Gasteiger partial charge is 0.0641 e. The van der Waals surface area contributed by atoms with Gasteiger partial charge in [0.2, 0.25) is 0 Å². The molecule has 36 heavy (non-hydrogen) atoms. The first-order valence-electron chi connectivity index (χ1n) is 12.6. The van der Waals surface area contributed by atoms with E-state index < -0.39 is 0 Å². The van der Waals surface area contributed by atoms with E-state index >= 15 is 0 Å². The Bertz CT molecular complexity index is 1900. The summed E-state index contributed by atoms with van der Waals surface area (Å²) in [5.74, 6) is 0. The molecule has 0 saturated carbocycles. The minimum Gasteiger partial charge on any atom is -0.309 e. The maximum Gasteiger partial charge on any atom is 0.0641 e. The van der Waals surface area contributed by atoms with E-state index in [9.17, 15) is 0 Å². The van der Waals surface area contributed by atoms with Crippen molar-refractivity contribution in [2.75, 3.05) is 0 Å². The summed E-state index contributed by atoms with van der Waals surface area (Å²) >= 11 is 0. The lowest BCUT2D eigenvalue weighted by molar-refractivity contribution is 0.591. The van der Waals surface area contributed by atoms with Crippen LogP contribution in [0.5, 0.6) is 0 Å². The van der Waals surface area contributed by atoms with Crippen molar-refractivity contribution in [1.29, 1.82) is 0 Å². The van der Waals surface area contributed by atoms with Gasteiger partial charge in [0.15, 0.2) is 0 Å². The van der Waals surface area contributed by atoms with E-state index in [-0.39, 0.29) is 5.41 Å². The molecule has 0 aliphatic rings. The van der Waals surface area contributed by atoms with Crippen LogP contribution in [0.25, 0.3) is 55.0 Å². The van der Waals surface area contributed by atoms with Crippen molar-refractivity contribution in [3.05, 3.63) is 121 Å². The Morgan fingerprint density at radius 1 is 0.472 bits per heavy atom. The SMILES string of the molecule is CC(C)(C)c1ccc2c(c1)c1c(ccc3c4ccccc4n(-c4ccccc4)c31)n2-c1ccccc1. The molecule has 0 aliphatic carbocycles. The first-order chi connectivity index (χ1) is 17.5. The fraction of sp³-hybridized carbons (Fsp3) is 0.118. The third-order valence-electron chi connectivity index (χ3n) is 7.46. The molecule has 0 amide bonds. The molecule has 7 rings (SSSR count). The van der Waals surface area contributed by atoms with Gasteiger partial charge in [0, 0.05) is 32.9 Å².